The second-order valence-corrected chi connectivity index (χ2v) is 20.4. The third kappa shape index (κ3) is 7.89. The summed E-state index contributed by atoms with van der Waals surface area (Å²) in [6.45, 7) is 20.9. The van der Waals surface area contributed by atoms with Gasteiger partial charge in [-0.25, -0.2) is 32.6 Å². The summed E-state index contributed by atoms with van der Waals surface area (Å²) in [5.74, 6) is 0.657. The highest BCUT2D eigenvalue weighted by Crippen LogP contribution is 2.44. The van der Waals surface area contributed by atoms with Crippen LogP contribution in [0.1, 0.15) is 87.8 Å². The number of aromatic nitrogens is 6. The van der Waals surface area contributed by atoms with Crippen molar-refractivity contribution in [1.82, 2.24) is 34.3 Å². The number of benzene rings is 1. The third-order valence-electron chi connectivity index (χ3n) is 9.18. The van der Waals surface area contributed by atoms with Gasteiger partial charge in [0.1, 0.15) is 23.4 Å². The lowest BCUT2D eigenvalue weighted by molar-refractivity contribution is 0.0515. The molecule has 14 nitrogen and oxygen atoms in total. The molecule has 0 amide bonds. The van der Waals surface area contributed by atoms with E-state index < -0.39 is 43.3 Å². The predicted octanol–water partition coefficient (Wildman–Crippen LogP) is 5.35. The second kappa shape index (κ2) is 13.6. The first-order valence-corrected chi connectivity index (χ1v) is 19.5. The smallest absolute Gasteiger partial charge is 0.435 e. The average molecular weight is 743 g/mol. The van der Waals surface area contributed by atoms with Gasteiger partial charge in [0.2, 0.25) is 0 Å². The Morgan fingerprint density at radius 3 is 2.37 bits per heavy atom. The van der Waals surface area contributed by atoms with E-state index >= 15 is 0 Å². The number of rotatable bonds is 7. The molecule has 278 valence electrons. The second-order valence-electron chi connectivity index (χ2n) is 16.5. The number of fused-ring (bicyclic) bond motifs is 2. The van der Waals surface area contributed by atoms with E-state index in [-0.39, 0.29) is 24.2 Å². The van der Waals surface area contributed by atoms with Crippen LogP contribution in [0.3, 0.4) is 0 Å². The van der Waals surface area contributed by atoms with E-state index in [1.54, 1.807) is 37.8 Å². The zero-order valence-corrected chi connectivity index (χ0v) is 32.8. The van der Waals surface area contributed by atoms with Gasteiger partial charge >= 0.3 is 6.09 Å². The maximum Gasteiger partial charge on any atom is 0.435 e. The van der Waals surface area contributed by atoms with Crippen LogP contribution in [0.25, 0.3) is 27.8 Å². The summed E-state index contributed by atoms with van der Waals surface area (Å²) >= 11 is -1.58. The number of hydrogen-bond acceptors (Lipinski definition) is 11. The van der Waals surface area contributed by atoms with E-state index in [0.717, 1.165) is 18.2 Å². The van der Waals surface area contributed by atoms with Crippen LogP contribution < -0.4 is 9.62 Å². The standard InChI is InChI=1S/C35H50N8O6S2/c1-22-28(40-50(45)33(5,6)7)35(21-47-22)13-15-41(16-14-35)29-27(20-48-51(46)34(8,9)10)38-30-26(37-29)18-36-43(30)24-12-11-23-19-42(39-25(23)17-24)31(44)49-32(2,3)4/h11-12,17-19,22,28,40H,13-16,20-21H2,1-10H3/t22-,28+,50?,51?/m0/s1. The number of nitrogens with zero attached hydrogens (tertiary/aromatic N) is 7. The molecule has 0 aliphatic carbocycles. The summed E-state index contributed by atoms with van der Waals surface area (Å²) in [4.78, 5) is 25.0. The minimum absolute atomic E-state index is 0.0107. The summed E-state index contributed by atoms with van der Waals surface area (Å²) in [5.41, 5.74) is 2.09. The van der Waals surface area contributed by atoms with Crippen molar-refractivity contribution in [3.05, 3.63) is 36.3 Å². The first-order chi connectivity index (χ1) is 23.7. The number of carbonyl (C=O) groups excluding carboxylic acids is 1. The van der Waals surface area contributed by atoms with Gasteiger partial charge in [0.05, 0.1) is 56.6 Å². The fourth-order valence-electron chi connectivity index (χ4n) is 6.35. The van der Waals surface area contributed by atoms with E-state index in [1.807, 2.05) is 66.7 Å². The highest BCUT2D eigenvalue weighted by molar-refractivity contribution is 7.84. The van der Waals surface area contributed by atoms with Crippen molar-refractivity contribution in [3.8, 4) is 5.69 Å². The summed E-state index contributed by atoms with van der Waals surface area (Å²) in [5, 5.41) is 9.86. The number of nitrogens with one attached hydrogen (secondary N) is 1. The fraction of sp³-hybridized carbons (Fsp3) is 0.629. The molecular formula is C35H50N8O6S2. The van der Waals surface area contributed by atoms with Crippen LogP contribution in [0, 0.1) is 5.41 Å². The normalized spacial score (nSPS) is 21.1. The minimum atomic E-state index is -1.58. The molecule has 1 spiro atoms. The molecule has 1 N–H and O–H groups in total. The molecule has 16 heteroatoms. The molecule has 4 atom stereocenters. The lowest BCUT2D eigenvalue weighted by Crippen LogP contribution is -2.55. The molecule has 51 heavy (non-hydrogen) atoms. The first-order valence-electron chi connectivity index (χ1n) is 17.3. The third-order valence-corrected chi connectivity index (χ3v) is 12.1. The summed E-state index contributed by atoms with van der Waals surface area (Å²) in [6, 6.07) is 5.52. The van der Waals surface area contributed by atoms with Crippen molar-refractivity contribution in [3.63, 3.8) is 0 Å². The monoisotopic (exact) mass is 742 g/mol. The molecule has 2 fully saturated rings. The van der Waals surface area contributed by atoms with Gasteiger partial charge in [-0.05, 0) is 100 Å². The van der Waals surface area contributed by atoms with Crippen molar-refractivity contribution >= 4 is 56.0 Å². The van der Waals surface area contributed by atoms with Crippen molar-refractivity contribution < 1.29 is 26.9 Å². The van der Waals surface area contributed by atoms with Crippen LogP contribution in [-0.4, -0.2) is 91.0 Å². The molecule has 0 saturated carbocycles. The van der Waals surface area contributed by atoms with Gasteiger partial charge in [-0.1, -0.05) is 0 Å². The van der Waals surface area contributed by atoms with Crippen molar-refractivity contribution in [1.29, 1.82) is 0 Å². The lowest BCUT2D eigenvalue weighted by Gasteiger charge is -2.43. The predicted molar refractivity (Wildman–Crippen MR) is 198 cm³/mol. The van der Waals surface area contributed by atoms with Crippen LogP contribution in [-0.2, 0) is 42.3 Å². The van der Waals surface area contributed by atoms with E-state index in [0.29, 0.717) is 53.6 Å². The molecule has 5 heterocycles. The average Bonchev–Trinajstić information content (AvgIpc) is 3.74. The Morgan fingerprint density at radius 1 is 1.02 bits per heavy atom. The molecule has 2 saturated heterocycles. The number of hydrogen-bond donors (Lipinski definition) is 1. The Bertz CT molecular complexity index is 1980. The molecular weight excluding hydrogens is 693 g/mol. The van der Waals surface area contributed by atoms with E-state index in [4.69, 9.17) is 23.6 Å². The number of ether oxygens (including phenoxy) is 2. The Kier molecular flexibility index (Phi) is 9.98. The topological polar surface area (TPSA) is 156 Å². The van der Waals surface area contributed by atoms with Gasteiger partial charge in [0.25, 0.3) is 0 Å². The van der Waals surface area contributed by atoms with Gasteiger partial charge in [-0.15, -0.1) is 0 Å². The summed E-state index contributed by atoms with van der Waals surface area (Å²) < 4.78 is 49.0. The van der Waals surface area contributed by atoms with Crippen LogP contribution in [0.15, 0.2) is 30.6 Å². The van der Waals surface area contributed by atoms with Gasteiger partial charge in [0, 0.05) is 30.1 Å². The summed E-state index contributed by atoms with van der Waals surface area (Å²) in [7, 11) is -1.23. The van der Waals surface area contributed by atoms with Crippen molar-refractivity contribution in [2.24, 2.45) is 5.41 Å². The SMILES string of the molecule is C[C@@H]1OCC2(CCN(c3nc4cnn(-c5ccc6cn(C(=O)OC(C)(C)C)nc6c5)c4nc3COS(=O)C(C)(C)C)CC2)[C@@H]1NS(=O)C(C)(C)C. The lowest BCUT2D eigenvalue weighted by atomic mass is 9.73. The highest BCUT2D eigenvalue weighted by Gasteiger charge is 2.51. The Morgan fingerprint density at radius 2 is 1.73 bits per heavy atom. The van der Waals surface area contributed by atoms with Crippen LogP contribution in [0.2, 0.25) is 0 Å². The molecule has 4 aromatic rings. The largest absolute Gasteiger partial charge is 0.442 e. The Hall–Kier alpha value is -3.31. The zero-order valence-electron chi connectivity index (χ0n) is 31.2. The Labute approximate surface area is 304 Å². The van der Waals surface area contributed by atoms with Gasteiger partial charge in [0.15, 0.2) is 22.5 Å². The maximum absolute atomic E-state index is 13.1. The molecule has 2 unspecified atom stereocenters. The number of anilines is 1. The number of carbonyl (C=O) groups is 1. The minimum Gasteiger partial charge on any atom is -0.442 e. The molecule has 2 aliphatic rings. The Balaban J connectivity index is 1.31. The fourth-order valence-corrected chi connectivity index (χ4v) is 7.95. The number of piperidine rings is 1. The molecule has 2 aliphatic heterocycles. The quantitative estimate of drug-likeness (QED) is 0.261. The van der Waals surface area contributed by atoms with Crippen LogP contribution in [0.4, 0.5) is 10.6 Å². The first kappa shape index (κ1) is 37.4. The van der Waals surface area contributed by atoms with Crippen molar-refractivity contribution in [2.45, 2.75) is 116 Å². The van der Waals surface area contributed by atoms with Crippen LogP contribution >= 0.6 is 0 Å². The molecule has 0 radical (unpaired) electrons. The summed E-state index contributed by atoms with van der Waals surface area (Å²) in [6.07, 6.45) is 4.29. The molecule has 3 aromatic heterocycles. The van der Waals surface area contributed by atoms with Gasteiger partial charge in [-0.2, -0.15) is 14.9 Å². The van der Waals surface area contributed by atoms with E-state index in [9.17, 15) is 13.2 Å². The van der Waals surface area contributed by atoms with E-state index in [1.165, 1.54) is 4.68 Å². The molecule has 0 bridgehead atoms. The molecule has 1 aromatic carbocycles. The molecule has 6 rings (SSSR count). The van der Waals surface area contributed by atoms with Crippen molar-refractivity contribution in [2.75, 3.05) is 24.6 Å². The van der Waals surface area contributed by atoms with Gasteiger partial charge in [-0.3, -0.25) is 4.18 Å². The zero-order chi connectivity index (χ0) is 37.1. The van der Waals surface area contributed by atoms with E-state index in [2.05, 4.69) is 19.8 Å². The van der Waals surface area contributed by atoms with Crippen LogP contribution in [0.5, 0.6) is 0 Å². The highest BCUT2D eigenvalue weighted by atomic mass is 32.2. The van der Waals surface area contributed by atoms with Gasteiger partial charge < -0.3 is 14.4 Å². The maximum atomic E-state index is 13.1.